The van der Waals surface area contributed by atoms with Crippen LogP contribution in [0, 0.1) is 11.6 Å². The van der Waals surface area contributed by atoms with E-state index in [2.05, 4.69) is 5.32 Å². The number of ether oxygens (including phenoxy) is 2. The van der Waals surface area contributed by atoms with Crippen molar-refractivity contribution in [3.8, 4) is 11.5 Å². The van der Waals surface area contributed by atoms with Gasteiger partial charge in [0.15, 0.2) is 23.1 Å². The van der Waals surface area contributed by atoms with Gasteiger partial charge in [0.05, 0.1) is 20.3 Å². The zero-order chi connectivity index (χ0) is 18.4. The number of aryl methyl sites for hydroxylation is 1. The predicted molar refractivity (Wildman–Crippen MR) is 90.8 cm³/mol. The molecule has 25 heavy (non-hydrogen) atoms. The molecule has 0 radical (unpaired) electrons. The third-order valence-electron chi connectivity index (χ3n) is 3.91. The maximum atomic E-state index is 13.3. The van der Waals surface area contributed by atoms with Crippen LogP contribution in [0.25, 0.3) is 0 Å². The van der Waals surface area contributed by atoms with Gasteiger partial charge in [0.1, 0.15) is 0 Å². The number of hydrogen-bond donors (Lipinski definition) is 1. The lowest BCUT2D eigenvalue weighted by Crippen LogP contribution is -2.26. The van der Waals surface area contributed by atoms with Gasteiger partial charge >= 0.3 is 0 Å². The average Bonchev–Trinajstić information content (AvgIpc) is 2.61. The first kappa shape index (κ1) is 18.7. The molecule has 4 nitrogen and oxygen atoms in total. The van der Waals surface area contributed by atoms with Crippen LogP contribution in [0.5, 0.6) is 11.5 Å². The quantitative estimate of drug-likeness (QED) is 0.827. The van der Waals surface area contributed by atoms with E-state index < -0.39 is 17.7 Å². The Labute approximate surface area is 145 Å². The Morgan fingerprint density at radius 2 is 1.76 bits per heavy atom. The second-order valence-corrected chi connectivity index (χ2v) is 5.65. The maximum absolute atomic E-state index is 13.3. The molecule has 0 bridgehead atoms. The third kappa shape index (κ3) is 4.92. The SMILES string of the molecule is COc1ccc(CCC(=O)NC(C)c2ccc(F)c(F)c2)cc1OC. The summed E-state index contributed by atoms with van der Waals surface area (Å²) in [5.74, 6) is -0.773. The van der Waals surface area contributed by atoms with E-state index in [1.54, 1.807) is 27.2 Å². The Hall–Kier alpha value is -2.63. The Morgan fingerprint density at radius 1 is 1.04 bits per heavy atom. The second-order valence-electron chi connectivity index (χ2n) is 5.65. The minimum Gasteiger partial charge on any atom is -0.493 e. The zero-order valence-corrected chi connectivity index (χ0v) is 14.4. The van der Waals surface area contributed by atoms with E-state index in [0.717, 1.165) is 17.7 Å². The summed E-state index contributed by atoms with van der Waals surface area (Å²) in [6.45, 7) is 1.72. The number of halogens is 2. The molecule has 0 aliphatic rings. The highest BCUT2D eigenvalue weighted by atomic mass is 19.2. The van der Waals surface area contributed by atoms with Crippen LogP contribution in [0.3, 0.4) is 0 Å². The van der Waals surface area contributed by atoms with E-state index in [1.165, 1.54) is 6.07 Å². The summed E-state index contributed by atoms with van der Waals surface area (Å²) in [4.78, 5) is 12.1. The summed E-state index contributed by atoms with van der Waals surface area (Å²) in [5.41, 5.74) is 1.45. The summed E-state index contributed by atoms with van der Waals surface area (Å²) in [5, 5.41) is 2.78. The number of carbonyl (C=O) groups is 1. The third-order valence-corrected chi connectivity index (χ3v) is 3.91. The lowest BCUT2D eigenvalue weighted by molar-refractivity contribution is -0.121. The molecule has 1 atom stereocenters. The fourth-order valence-corrected chi connectivity index (χ4v) is 2.47. The van der Waals surface area contributed by atoms with E-state index in [4.69, 9.17) is 9.47 Å². The Balaban J connectivity index is 1.93. The summed E-state index contributed by atoms with van der Waals surface area (Å²) < 4.78 is 36.6. The van der Waals surface area contributed by atoms with Crippen molar-refractivity contribution < 1.29 is 23.0 Å². The largest absolute Gasteiger partial charge is 0.493 e. The average molecular weight is 349 g/mol. The van der Waals surface area contributed by atoms with Gasteiger partial charge in [-0.25, -0.2) is 8.78 Å². The van der Waals surface area contributed by atoms with Crippen LogP contribution in [0.2, 0.25) is 0 Å². The van der Waals surface area contributed by atoms with Crippen molar-refractivity contribution in [3.05, 3.63) is 59.2 Å². The van der Waals surface area contributed by atoms with Gasteiger partial charge in [-0.3, -0.25) is 4.79 Å². The first-order valence-electron chi connectivity index (χ1n) is 7.89. The van der Waals surface area contributed by atoms with Crippen molar-refractivity contribution in [2.75, 3.05) is 14.2 Å². The topological polar surface area (TPSA) is 47.6 Å². The van der Waals surface area contributed by atoms with Gasteiger partial charge in [-0.05, 0) is 48.7 Å². The molecule has 0 spiro atoms. The molecule has 0 aliphatic carbocycles. The van der Waals surface area contributed by atoms with Crippen LogP contribution >= 0.6 is 0 Å². The first-order valence-corrected chi connectivity index (χ1v) is 7.89. The van der Waals surface area contributed by atoms with E-state index >= 15 is 0 Å². The molecule has 2 aromatic rings. The molecular weight excluding hydrogens is 328 g/mol. The lowest BCUT2D eigenvalue weighted by atomic mass is 10.1. The molecule has 0 saturated heterocycles. The van der Waals surface area contributed by atoms with E-state index in [9.17, 15) is 13.6 Å². The van der Waals surface area contributed by atoms with Gasteiger partial charge in [-0.15, -0.1) is 0 Å². The molecule has 0 heterocycles. The van der Waals surface area contributed by atoms with Crippen molar-refractivity contribution in [2.24, 2.45) is 0 Å². The number of amides is 1. The standard InChI is InChI=1S/C19H21F2NO3/c1-12(14-6-7-15(20)16(21)11-14)22-19(23)9-5-13-4-8-17(24-2)18(10-13)25-3/h4,6-8,10-12H,5,9H2,1-3H3,(H,22,23). The maximum Gasteiger partial charge on any atom is 0.220 e. The number of hydrogen-bond acceptors (Lipinski definition) is 3. The van der Waals surface area contributed by atoms with Crippen molar-refractivity contribution in [3.63, 3.8) is 0 Å². The summed E-state index contributed by atoms with van der Waals surface area (Å²) in [6, 6.07) is 8.67. The second kappa shape index (κ2) is 8.46. The van der Waals surface area contributed by atoms with Crippen LogP contribution in [-0.2, 0) is 11.2 Å². The molecule has 1 N–H and O–H groups in total. The predicted octanol–water partition coefficient (Wildman–Crippen LogP) is 3.79. The van der Waals surface area contributed by atoms with Crippen LogP contribution < -0.4 is 14.8 Å². The summed E-state index contributed by atoms with van der Waals surface area (Å²) in [6.07, 6.45) is 0.792. The van der Waals surface area contributed by atoms with Crippen molar-refractivity contribution in [1.82, 2.24) is 5.32 Å². The van der Waals surface area contributed by atoms with Gasteiger partial charge < -0.3 is 14.8 Å². The first-order chi connectivity index (χ1) is 11.9. The molecule has 0 fully saturated rings. The molecule has 6 heteroatoms. The Kier molecular flexibility index (Phi) is 6.33. The highest BCUT2D eigenvalue weighted by molar-refractivity contribution is 5.76. The fraction of sp³-hybridized carbons (Fsp3) is 0.316. The molecule has 2 aromatic carbocycles. The van der Waals surface area contributed by atoms with Crippen LogP contribution in [0.15, 0.2) is 36.4 Å². The van der Waals surface area contributed by atoms with Crippen LogP contribution in [0.1, 0.15) is 30.5 Å². The van der Waals surface area contributed by atoms with Gasteiger partial charge in [-0.1, -0.05) is 12.1 Å². The van der Waals surface area contributed by atoms with Crippen molar-refractivity contribution in [2.45, 2.75) is 25.8 Å². The molecule has 1 unspecified atom stereocenters. The van der Waals surface area contributed by atoms with Crippen molar-refractivity contribution in [1.29, 1.82) is 0 Å². The van der Waals surface area contributed by atoms with Crippen LogP contribution in [-0.4, -0.2) is 20.1 Å². The summed E-state index contributed by atoms with van der Waals surface area (Å²) >= 11 is 0. The zero-order valence-electron chi connectivity index (χ0n) is 14.4. The smallest absolute Gasteiger partial charge is 0.220 e. The van der Waals surface area contributed by atoms with E-state index in [0.29, 0.717) is 23.5 Å². The van der Waals surface area contributed by atoms with Crippen molar-refractivity contribution >= 4 is 5.91 Å². The minimum absolute atomic E-state index is 0.174. The van der Waals surface area contributed by atoms with Gasteiger partial charge in [0, 0.05) is 6.42 Å². The number of methoxy groups -OCH3 is 2. The number of carbonyl (C=O) groups excluding carboxylic acids is 1. The monoisotopic (exact) mass is 349 g/mol. The fourth-order valence-electron chi connectivity index (χ4n) is 2.47. The molecule has 1 amide bonds. The number of rotatable bonds is 7. The molecule has 134 valence electrons. The van der Waals surface area contributed by atoms with E-state index in [1.807, 2.05) is 12.1 Å². The molecule has 0 saturated carbocycles. The Bertz CT molecular complexity index is 749. The Morgan fingerprint density at radius 3 is 2.40 bits per heavy atom. The molecule has 0 aliphatic heterocycles. The highest BCUT2D eigenvalue weighted by Gasteiger charge is 2.13. The van der Waals surface area contributed by atoms with Crippen LogP contribution in [0.4, 0.5) is 8.78 Å². The molecule has 0 aromatic heterocycles. The molecular formula is C19H21F2NO3. The molecule has 2 rings (SSSR count). The lowest BCUT2D eigenvalue weighted by Gasteiger charge is -2.15. The highest BCUT2D eigenvalue weighted by Crippen LogP contribution is 2.28. The van der Waals surface area contributed by atoms with Gasteiger partial charge in [0.2, 0.25) is 5.91 Å². The van der Waals surface area contributed by atoms with Gasteiger partial charge in [-0.2, -0.15) is 0 Å². The summed E-state index contributed by atoms with van der Waals surface area (Å²) in [7, 11) is 3.11. The van der Waals surface area contributed by atoms with Gasteiger partial charge in [0.25, 0.3) is 0 Å². The minimum atomic E-state index is -0.927. The normalized spacial score (nSPS) is 11.7. The van der Waals surface area contributed by atoms with E-state index in [-0.39, 0.29) is 12.3 Å². The number of nitrogens with one attached hydrogen (secondary N) is 1. The number of benzene rings is 2.